The predicted octanol–water partition coefficient (Wildman–Crippen LogP) is -0.844. The molecular weight excluding hydrogens is 236 g/mol. The summed E-state index contributed by atoms with van der Waals surface area (Å²) in [5.74, 6) is -2.31. The molecule has 0 unspecified atom stereocenters. The van der Waals surface area contributed by atoms with Crippen LogP contribution in [0.25, 0.3) is 0 Å². The standard InChI is InChI=1S/C9H12O8/c1-14-8(12)4-9(13)17-6-16-7(11)2-3-15-5-10/h5H,2-4,6H2,1H3. The number of ether oxygens (including phenoxy) is 4. The highest BCUT2D eigenvalue weighted by molar-refractivity contribution is 5.91. The second-order valence-electron chi connectivity index (χ2n) is 2.62. The zero-order valence-corrected chi connectivity index (χ0v) is 9.17. The van der Waals surface area contributed by atoms with Crippen molar-refractivity contribution in [3.8, 4) is 0 Å². The van der Waals surface area contributed by atoms with Crippen LogP contribution in [-0.2, 0) is 38.1 Å². The van der Waals surface area contributed by atoms with E-state index in [1.54, 1.807) is 0 Å². The molecule has 0 heterocycles. The van der Waals surface area contributed by atoms with Gasteiger partial charge in [0.05, 0.1) is 13.5 Å². The van der Waals surface area contributed by atoms with Crippen LogP contribution in [0.4, 0.5) is 0 Å². The fourth-order valence-electron chi connectivity index (χ4n) is 0.664. The van der Waals surface area contributed by atoms with Gasteiger partial charge in [-0.15, -0.1) is 0 Å². The van der Waals surface area contributed by atoms with Crippen LogP contribution in [0.15, 0.2) is 0 Å². The number of hydrogen-bond donors (Lipinski definition) is 0. The van der Waals surface area contributed by atoms with Crippen molar-refractivity contribution >= 4 is 24.4 Å². The molecule has 0 fully saturated rings. The lowest BCUT2D eigenvalue weighted by Gasteiger charge is -2.05. The minimum atomic E-state index is -0.867. The molecule has 0 aromatic carbocycles. The van der Waals surface area contributed by atoms with Crippen LogP contribution in [0.3, 0.4) is 0 Å². The molecule has 0 aliphatic rings. The van der Waals surface area contributed by atoms with Gasteiger partial charge in [-0.05, 0) is 0 Å². The van der Waals surface area contributed by atoms with Gasteiger partial charge < -0.3 is 18.9 Å². The molecule has 0 saturated carbocycles. The number of carbonyl (C=O) groups is 4. The lowest BCUT2D eigenvalue weighted by Crippen LogP contribution is -2.16. The van der Waals surface area contributed by atoms with E-state index in [4.69, 9.17) is 0 Å². The molecule has 0 aliphatic carbocycles. The van der Waals surface area contributed by atoms with E-state index in [-0.39, 0.29) is 19.5 Å². The van der Waals surface area contributed by atoms with Crippen LogP contribution < -0.4 is 0 Å². The molecule has 0 N–H and O–H groups in total. The average Bonchev–Trinajstić information content (AvgIpc) is 2.29. The Kier molecular flexibility index (Phi) is 7.99. The van der Waals surface area contributed by atoms with Gasteiger partial charge in [0.1, 0.15) is 13.0 Å². The van der Waals surface area contributed by atoms with Gasteiger partial charge in [-0.3, -0.25) is 19.2 Å². The van der Waals surface area contributed by atoms with Crippen LogP contribution >= 0.6 is 0 Å². The largest absolute Gasteiger partial charge is 0.469 e. The van der Waals surface area contributed by atoms with E-state index >= 15 is 0 Å². The van der Waals surface area contributed by atoms with E-state index < -0.39 is 31.1 Å². The minimum absolute atomic E-state index is 0.113. The molecule has 0 atom stereocenters. The van der Waals surface area contributed by atoms with E-state index in [1.807, 2.05) is 0 Å². The van der Waals surface area contributed by atoms with Crippen LogP contribution in [0.5, 0.6) is 0 Å². The zero-order valence-electron chi connectivity index (χ0n) is 9.17. The first-order valence-electron chi connectivity index (χ1n) is 4.53. The maximum Gasteiger partial charge on any atom is 0.320 e. The van der Waals surface area contributed by atoms with Gasteiger partial charge >= 0.3 is 17.9 Å². The van der Waals surface area contributed by atoms with Crippen LogP contribution in [0.2, 0.25) is 0 Å². The van der Waals surface area contributed by atoms with Crippen molar-refractivity contribution in [3.05, 3.63) is 0 Å². The van der Waals surface area contributed by atoms with Crippen molar-refractivity contribution in [2.45, 2.75) is 12.8 Å². The Balaban J connectivity index is 3.55. The fourth-order valence-corrected chi connectivity index (χ4v) is 0.664. The summed E-state index contributed by atoms with van der Waals surface area (Å²) >= 11 is 0. The van der Waals surface area contributed by atoms with Crippen molar-refractivity contribution in [3.63, 3.8) is 0 Å². The van der Waals surface area contributed by atoms with Crippen molar-refractivity contribution in [1.82, 2.24) is 0 Å². The van der Waals surface area contributed by atoms with E-state index in [1.165, 1.54) is 0 Å². The van der Waals surface area contributed by atoms with Crippen molar-refractivity contribution < 1.29 is 38.1 Å². The molecule has 0 amide bonds. The summed E-state index contributed by atoms with van der Waals surface area (Å²) in [7, 11) is 1.13. The topological polar surface area (TPSA) is 105 Å². The highest BCUT2D eigenvalue weighted by Crippen LogP contribution is 1.92. The van der Waals surface area contributed by atoms with Gasteiger partial charge in [-0.1, -0.05) is 0 Å². The van der Waals surface area contributed by atoms with E-state index in [0.29, 0.717) is 0 Å². The number of hydrogen-bond acceptors (Lipinski definition) is 8. The summed E-state index contributed by atoms with van der Waals surface area (Å²) in [5.41, 5.74) is 0. The summed E-state index contributed by atoms with van der Waals surface area (Å²) in [5, 5.41) is 0. The van der Waals surface area contributed by atoms with E-state index in [0.717, 1.165) is 7.11 Å². The predicted molar refractivity (Wildman–Crippen MR) is 50.3 cm³/mol. The maximum atomic E-state index is 10.9. The molecule has 17 heavy (non-hydrogen) atoms. The maximum absolute atomic E-state index is 10.9. The first kappa shape index (κ1) is 14.9. The van der Waals surface area contributed by atoms with Crippen LogP contribution in [-0.4, -0.2) is 44.9 Å². The van der Waals surface area contributed by atoms with Gasteiger partial charge in [0, 0.05) is 0 Å². The van der Waals surface area contributed by atoms with Crippen LogP contribution in [0.1, 0.15) is 12.8 Å². The molecule has 0 aromatic rings. The zero-order chi connectivity index (χ0) is 13.1. The first-order chi connectivity index (χ1) is 8.10. The van der Waals surface area contributed by atoms with Crippen molar-refractivity contribution in [2.75, 3.05) is 20.5 Å². The molecule has 0 radical (unpaired) electrons. The SMILES string of the molecule is COC(=O)CC(=O)OCOC(=O)CCOC=O. The highest BCUT2D eigenvalue weighted by atomic mass is 16.7. The summed E-state index contributed by atoms with van der Waals surface area (Å²) in [6.45, 7) is -0.516. The lowest BCUT2D eigenvalue weighted by molar-refractivity contribution is -0.169. The Morgan fingerprint density at radius 3 is 2.29 bits per heavy atom. The Hall–Kier alpha value is -2.12. The second kappa shape index (κ2) is 9.13. The molecule has 0 aliphatic heterocycles. The van der Waals surface area contributed by atoms with Crippen molar-refractivity contribution in [1.29, 1.82) is 0 Å². The average molecular weight is 248 g/mol. The molecule has 0 aromatic heterocycles. The molecule has 8 nitrogen and oxygen atoms in total. The molecule has 96 valence electrons. The number of methoxy groups -OCH3 is 1. The number of esters is 3. The minimum Gasteiger partial charge on any atom is -0.469 e. The monoisotopic (exact) mass is 248 g/mol. The van der Waals surface area contributed by atoms with Gasteiger partial charge in [-0.2, -0.15) is 0 Å². The Labute approximate surface area is 96.8 Å². The molecule has 0 rings (SSSR count). The molecular formula is C9H12O8. The molecule has 0 spiro atoms. The van der Waals surface area contributed by atoms with Crippen LogP contribution in [0, 0.1) is 0 Å². The normalized spacial score (nSPS) is 9.00. The highest BCUT2D eigenvalue weighted by Gasteiger charge is 2.11. The lowest BCUT2D eigenvalue weighted by atomic mass is 10.4. The van der Waals surface area contributed by atoms with Crippen molar-refractivity contribution in [2.24, 2.45) is 0 Å². The first-order valence-corrected chi connectivity index (χ1v) is 4.53. The van der Waals surface area contributed by atoms with Gasteiger partial charge in [-0.25, -0.2) is 0 Å². The molecule has 8 heteroatoms. The second-order valence-corrected chi connectivity index (χ2v) is 2.62. The number of carbonyl (C=O) groups excluding carboxylic acids is 4. The molecule has 0 bridgehead atoms. The third-order valence-corrected chi connectivity index (χ3v) is 1.45. The fraction of sp³-hybridized carbons (Fsp3) is 0.556. The third kappa shape index (κ3) is 8.85. The van der Waals surface area contributed by atoms with E-state index in [9.17, 15) is 19.2 Å². The summed E-state index contributed by atoms with van der Waals surface area (Å²) in [6.07, 6.45) is -0.699. The van der Waals surface area contributed by atoms with E-state index in [2.05, 4.69) is 18.9 Å². The quantitative estimate of drug-likeness (QED) is 0.137. The van der Waals surface area contributed by atoms with Gasteiger partial charge in [0.15, 0.2) is 0 Å². The van der Waals surface area contributed by atoms with Gasteiger partial charge in [0.2, 0.25) is 6.79 Å². The summed E-state index contributed by atoms with van der Waals surface area (Å²) in [4.78, 5) is 42.1. The summed E-state index contributed by atoms with van der Waals surface area (Å²) in [6, 6.07) is 0. The Bertz CT molecular complexity index is 285. The molecule has 0 saturated heterocycles. The summed E-state index contributed by atoms with van der Waals surface area (Å²) < 4.78 is 17.3. The third-order valence-electron chi connectivity index (χ3n) is 1.45. The Morgan fingerprint density at radius 1 is 1.06 bits per heavy atom. The smallest absolute Gasteiger partial charge is 0.320 e. The van der Waals surface area contributed by atoms with Gasteiger partial charge in [0.25, 0.3) is 6.47 Å². The number of rotatable bonds is 8. The Morgan fingerprint density at radius 2 is 1.71 bits per heavy atom.